The maximum Gasteiger partial charge on any atom is 0.364 e. The van der Waals surface area contributed by atoms with Crippen molar-refractivity contribution in [3.05, 3.63) is 11.4 Å². The molecule has 0 atom stereocenters. The monoisotopic (exact) mass is 178 g/mol. The molecule has 5 heteroatoms. The highest BCUT2D eigenvalue weighted by molar-refractivity contribution is 5.84. The van der Waals surface area contributed by atoms with Gasteiger partial charge in [0, 0.05) is 19.8 Å². The lowest BCUT2D eigenvalue weighted by Crippen LogP contribution is -2.17. The van der Waals surface area contributed by atoms with Crippen LogP contribution >= 0.6 is 0 Å². The zero-order chi connectivity index (χ0) is 9.72. The maximum atomic E-state index is 12.7. The number of aliphatic carboxylic acids is 1. The van der Waals surface area contributed by atoms with E-state index in [0.29, 0.717) is 0 Å². The Bertz CT molecular complexity index is 196. The van der Waals surface area contributed by atoms with Crippen LogP contribution < -0.4 is 0 Å². The number of carboxylic acid groups (broad SMARTS) is 1. The second-order valence-electron chi connectivity index (χ2n) is 2.11. The van der Waals surface area contributed by atoms with E-state index in [0.717, 1.165) is 0 Å². The van der Waals surface area contributed by atoms with E-state index in [1.165, 1.54) is 21.1 Å². The Hall–Kier alpha value is -0.940. The molecule has 12 heavy (non-hydrogen) atoms. The Morgan fingerprint density at radius 1 is 1.42 bits per heavy atom. The molecule has 0 aromatic heterocycles. The SMILES string of the molecule is COC(OC)/C(C)=C(\F)C(=O)O. The van der Waals surface area contributed by atoms with Crippen LogP contribution in [0.15, 0.2) is 11.4 Å². The Morgan fingerprint density at radius 3 is 2.08 bits per heavy atom. The van der Waals surface area contributed by atoms with Crippen molar-refractivity contribution in [1.29, 1.82) is 0 Å². The van der Waals surface area contributed by atoms with E-state index in [-0.39, 0.29) is 5.57 Å². The van der Waals surface area contributed by atoms with Crippen LogP contribution in [0, 0.1) is 0 Å². The van der Waals surface area contributed by atoms with Gasteiger partial charge in [-0.3, -0.25) is 0 Å². The number of ether oxygens (including phenoxy) is 2. The molecule has 0 saturated heterocycles. The second kappa shape index (κ2) is 4.84. The van der Waals surface area contributed by atoms with E-state index in [1.807, 2.05) is 0 Å². The third-order valence-corrected chi connectivity index (χ3v) is 1.32. The molecular formula is C7H11FO4. The minimum absolute atomic E-state index is 0.0903. The van der Waals surface area contributed by atoms with Crippen molar-refractivity contribution >= 4 is 5.97 Å². The highest BCUT2D eigenvalue weighted by Crippen LogP contribution is 2.13. The molecule has 0 saturated carbocycles. The third-order valence-electron chi connectivity index (χ3n) is 1.32. The van der Waals surface area contributed by atoms with Gasteiger partial charge in [-0.1, -0.05) is 0 Å². The lowest BCUT2D eigenvalue weighted by atomic mass is 10.2. The van der Waals surface area contributed by atoms with Crippen LogP contribution in [0.4, 0.5) is 4.39 Å². The molecule has 0 amide bonds. The largest absolute Gasteiger partial charge is 0.476 e. The summed E-state index contributed by atoms with van der Waals surface area (Å²) in [6.45, 7) is 1.29. The van der Waals surface area contributed by atoms with Gasteiger partial charge in [-0.15, -0.1) is 0 Å². The molecule has 0 aromatic carbocycles. The van der Waals surface area contributed by atoms with Crippen LogP contribution in [0.5, 0.6) is 0 Å². The minimum atomic E-state index is -1.62. The highest BCUT2D eigenvalue weighted by atomic mass is 19.1. The molecule has 0 heterocycles. The predicted octanol–water partition coefficient (Wildman–Crippen LogP) is 0.933. The average Bonchev–Trinajstić information content (AvgIpc) is 2.05. The molecule has 0 spiro atoms. The second-order valence-corrected chi connectivity index (χ2v) is 2.11. The summed E-state index contributed by atoms with van der Waals surface area (Å²) < 4.78 is 22.0. The summed E-state index contributed by atoms with van der Waals surface area (Å²) in [6, 6.07) is 0. The highest BCUT2D eigenvalue weighted by Gasteiger charge is 2.17. The summed E-state index contributed by atoms with van der Waals surface area (Å²) in [5, 5.41) is 8.25. The van der Waals surface area contributed by atoms with Crippen LogP contribution in [-0.2, 0) is 14.3 Å². The molecule has 0 aliphatic rings. The molecule has 1 N–H and O–H groups in total. The molecule has 0 radical (unpaired) electrons. The average molecular weight is 178 g/mol. The molecule has 70 valence electrons. The van der Waals surface area contributed by atoms with Gasteiger partial charge in [-0.2, -0.15) is 4.39 Å². The molecule has 0 rings (SSSR count). The topological polar surface area (TPSA) is 55.8 Å². The Kier molecular flexibility index (Phi) is 4.46. The first-order valence-corrected chi connectivity index (χ1v) is 3.19. The fourth-order valence-corrected chi connectivity index (χ4v) is 0.722. The summed E-state index contributed by atoms with van der Waals surface area (Å²) in [4.78, 5) is 10.1. The summed E-state index contributed by atoms with van der Waals surface area (Å²) >= 11 is 0. The van der Waals surface area contributed by atoms with Gasteiger partial charge in [0.15, 0.2) is 6.29 Å². The van der Waals surface area contributed by atoms with Gasteiger partial charge in [0.2, 0.25) is 5.83 Å². The summed E-state index contributed by atoms with van der Waals surface area (Å²) in [6.07, 6.45) is -0.943. The first-order valence-electron chi connectivity index (χ1n) is 3.19. The van der Waals surface area contributed by atoms with Crippen LogP contribution in [0.2, 0.25) is 0 Å². The summed E-state index contributed by atoms with van der Waals surface area (Å²) in [5.41, 5.74) is -0.0903. The molecule has 0 bridgehead atoms. The standard InChI is InChI=1S/C7H11FO4/c1-4(5(8)6(9)10)7(11-2)12-3/h7H,1-3H3,(H,9,10)/b5-4-. The van der Waals surface area contributed by atoms with Gasteiger partial charge >= 0.3 is 5.97 Å². The maximum absolute atomic E-state index is 12.7. The molecule has 0 aliphatic carbocycles. The number of halogens is 1. The first kappa shape index (κ1) is 11.1. The van der Waals surface area contributed by atoms with Crippen molar-refractivity contribution in [3.63, 3.8) is 0 Å². The van der Waals surface area contributed by atoms with Gasteiger partial charge in [-0.05, 0) is 6.92 Å². The van der Waals surface area contributed by atoms with Crippen molar-refractivity contribution in [2.75, 3.05) is 14.2 Å². The molecule has 0 fully saturated rings. The van der Waals surface area contributed by atoms with Gasteiger partial charge in [0.25, 0.3) is 0 Å². The van der Waals surface area contributed by atoms with E-state index >= 15 is 0 Å². The van der Waals surface area contributed by atoms with Crippen LogP contribution in [0.25, 0.3) is 0 Å². The van der Waals surface area contributed by atoms with E-state index < -0.39 is 18.1 Å². The van der Waals surface area contributed by atoms with Crippen molar-refractivity contribution in [2.24, 2.45) is 0 Å². The van der Waals surface area contributed by atoms with E-state index in [1.54, 1.807) is 0 Å². The Morgan fingerprint density at radius 2 is 1.83 bits per heavy atom. The Labute approximate surface area is 69.6 Å². The van der Waals surface area contributed by atoms with Crippen molar-refractivity contribution in [3.8, 4) is 0 Å². The third kappa shape index (κ3) is 2.60. The number of hydrogen-bond donors (Lipinski definition) is 1. The molecule has 0 unspecified atom stereocenters. The van der Waals surface area contributed by atoms with Crippen molar-refractivity contribution in [2.45, 2.75) is 13.2 Å². The fourth-order valence-electron chi connectivity index (χ4n) is 0.722. The number of methoxy groups -OCH3 is 2. The van der Waals surface area contributed by atoms with Crippen molar-refractivity contribution < 1.29 is 23.8 Å². The van der Waals surface area contributed by atoms with Gasteiger partial charge in [0.05, 0.1) is 0 Å². The molecule has 4 nitrogen and oxygen atoms in total. The van der Waals surface area contributed by atoms with Gasteiger partial charge < -0.3 is 14.6 Å². The number of carbonyl (C=O) groups is 1. The lowest BCUT2D eigenvalue weighted by Gasteiger charge is -2.13. The fraction of sp³-hybridized carbons (Fsp3) is 0.571. The minimum Gasteiger partial charge on any atom is -0.476 e. The zero-order valence-corrected chi connectivity index (χ0v) is 7.13. The smallest absolute Gasteiger partial charge is 0.364 e. The Balaban J connectivity index is 4.62. The van der Waals surface area contributed by atoms with Crippen LogP contribution in [0.3, 0.4) is 0 Å². The van der Waals surface area contributed by atoms with Crippen molar-refractivity contribution in [1.82, 2.24) is 0 Å². The number of rotatable bonds is 4. The van der Waals surface area contributed by atoms with Gasteiger partial charge in [0.1, 0.15) is 0 Å². The van der Waals surface area contributed by atoms with Gasteiger partial charge in [-0.25, -0.2) is 4.79 Å². The molecular weight excluding hydrogens is 167 g/mol. The lowest BCUT2D eigenvalue weighted by molar-refractivity contribution is -0.135. The predicted molar refractivity (Wildman–Crippen MR) is 39.2 cm³/mol. The summed E-state index contributed by atoms with van der Waals surface area (Å²) in [7, 11) is 2.60. The zero-order valence-electron chi connectivity index (χ0n) is 7.13. The van der Waals surface area contributed by atoms with E-state index in [4.69, 9.17) is 5.11 Å². The first-order chi connectivity index (χ1) is 5.54. The summed E-state index contributed by atoms with van der Waals surface area (Å²) in [5.74, 6) is -2.87. The quantitative estimate of drug-likeness (QED) is 0.514. The number of carboxylic acids is 1. The number of hydrogen-bond acceptors (Lipinski definition) is 3. The van der Waals surface area contributed by atoms with E-state index in [9.17, 15) is 9.18 Å². The molecule has 0 aliphatic heterocycles. The van der Waals surface area contributed by atoms with E-state index in [2.05, 4.69) is 9.47 Å². The normalized spacial score (nSPS) is 13.1. The van der Waals surface area contributed by atoms with Crippen LogP contribution in [-0.4, -0.2) is 31.6 Å². The van der Waals surface area contributed by atoms with Crippen LogP contribution in [0.1, 0.15) is 6.92 Å². The molecule has 0 aromatic rings.